The van der Waals surface area contributed by atoms with Crippen LogP contribution in [0.25, 0.3) is 0 Å². The first-order valence-corrected chi connectivity index (χ1v) is 8.34. The Kier molecular flexibility index (Phi) is 5.70. The van der Waals surface area contributed by atoms with Crippen molar-refractivity contribution in [3.8, 4) is 5.75 Å². The maximum absolute atomic E-state index is 12.1. The Morgan fingerprint density at radius 1 is 1.12 bits per heavy atom. The number of hydrogen-bond acceptors (Lipinski definition) is 3. The van der Waals surface area contributed by atoms with E-state index in [4.69, 9.17) is 4.74 Å². The number of carbonyl (C=O) groups excluding carboxylic acids is 2. The zero-order valence-corrected chi connectivity index (χ0v) is 14.9. The van der Waals surface area contributed by atoms with E-state index in [2.05, 4.69) is 10.6 Å². The average molecular weight is 333 g/mol. The average Bonchev–Trinajstić information content (AvgIpc) is 2.54. The van der Waals surface area contributed by atoms with Crippen molar-refractivity contribution in [3.63, 3.8) is 0 Å². The van der Waals surface area contributed by atoms with E-state index in [-0.39, 0.29) is 23.6 Å². The monoisotopic (exact) mass is 333 g/mol. The second-order valence-electron chi connectivity index (χ2n) is 7.09. The fourth-order valence-corrected chi connectivity index (χ4v) is 2.60. The molecule has 0 atom stereocenters. The molecule has 24 heavy (non-hydrogen) atoms. The minimum atomic E-state index is -0.225. The quantitative estimate of drug-likeness (QED) is 0.892. The normalized spacial score (nSPS) is 15.8. The summed E-state index contributed by atoms with van der Waals surface area (Å²) in [6, 6.07) is 7.10. The first kappa shape index (κ1) is 18.1. The van der Waals surface area contributed by atoms with Gasteiger partial charge in [0.15, 0.2) is 0 Å². The molecule has 0 bridgehead atoms. The number of hydrogen-bond donors (Lipinski definition) is 2. The molecule has 1 fully saturated rings. The van der Waals surface area contributed by atoms with E-state index < -0.39 is 0 Å². The van der Waals surface area contributed by atoms with Crippen molar-refractivity contribution >= 4 is 11.9 Å². The summed E-state index contributed by atoms with van der Waals surface area (Å²) in [5.41, 5.74) is 0.385. The topological polar surface area (TPSA) is 70.7 Å². The molecule has 0 radical (unpaired) electrons. The fourth-order valence-electron chi connectivity index (χ4n) is 2.60. The van der Waals surface area contributed by atoms with Crippen LogP contribution in [-0.4, -0.2) is 48.6 Å². The zero-order valence-electron chi connectivity index (χ0n) is 14.9. The molecule has 6 heteroatoms. The van der Waals surface area contributed by atoms with Gasteiger partial charge in [0.2, 0.25) is 0 Å². The van der Waals surface area contributed by atoms with Gasteiger partial charge in [0.05, 0.1) is 0 Å². The van der Waals surface area contributed by atoms with Gasteiger partial charge in [-0.15, -0.1) is 0 Å². The highest BCUT2D eigenvalue weighted by Gasteiger charge is 2.26. The van der Waals surface area contributed by atoms with E-state index in [1.54, 1.807) is 19.2 Å². The molecule has 2 rings (SSSR count). The summed E-state index contributed by atoms with van der Waals surface area (Å²) in [5, 5.41) is 5.57. The van der Waals surface area contributed by atoms with Gasteiger partial charge in [-0.3, -0.25) is 4.79 Å². The largest absolute Gasteiger partial charge is 0.490 e. The number of carbonyl (C=O) groups is 2. The van der Waals surface area contributed by atoms with Gasteiger partial charge in [-0.1, -0.05) is 0 Å². The summed E-state index contributed by atoms with van der Waals surface area (Å²) in [7, 11) is 1.61. The third kappa shape index (κ3) is 5.15. The molecule has 0 unspecified atom stereocenters. The maximum Gasteiger partial charge on any atom is 0.317 e. The van der Waals surface area contributed by atoms with Crippen LogP contribution in [0.2, 0.25) is 0 Å². The molecule has 0 aliphatic carbocycles. The van der Waals surface area contributed by atoms with Crippen molar-refractivity contribution in [2.75, 3.05) is 20.1 Å². The van der Waals surface area contributed by atoms with Crippen LogP contribution in [0.4, 0.5) is 4.79 Å². The predicted octanol–water partition coefficient (Wildman–Crippen LogP) is 2.40. The SMILES string of the molecule is CNC(=O)c1ccc(OC2CCN(C(=O)NC(C)(C)C)CC2)cc1. The summed E-state index contributed by atoms with van der Waals surface area (Å²) < 4.78 is 5.96. The van der Waals surface area contributed by atoms with Crippen molar-refractivity contribution in [2.45, 2.75) is 45.3 Å². The highest BCUT2D eigenvalue weighted by atomic mass is 16.5. The molecular weight excluding hydrogens is 306 g/mol. The molecule has 3 amide bonds. The molecule has 6 nitrogen and oxygen atoms in total. The lowest BCUT2D eigenvalue weighted by Gasteiger charge is -2.34. The predicted molar refractivity (Wildman–Crippen MR) is 93.3 cm³/mol. The van der Waals surface area contributed by atoms with E-state index in [1.165, 1.54) is 0 Å². The molecule has 132 valence electrons. The number of amides is 3. The minimum Gasteiger partial charge on any atom is -0.490 e. The van der Waals surface area contributed by atoms with Gasteiger partial charge < -0.3 is 20.3 Å². The number of nitrogens with one attached hydrogen (secondary N) is 2. The Morgan fingerprint density at radius 3 is 2.21 bits per heavy atom. The van der Waals surface area contributed by atoms with Gasteiger partial charge >= 0.3 is 6.03 Å². The number of urea groups is 1. The smallest absolute Gasteiger partial charge is 0.317 e. The van der Waals surface area contributed by atoms with Crippen molar-refractivity contribution in [3.05, 3.63) is 29.8 Å². The number of likely N-dealkylation sites (tertiary alicyclic amines) is 1. The van der Waals surface area contributed by atoms with Crippen LogP contribution in [0.5, 0.6) is 5.75 Å². The highest BCUT2D eigenvalue weighted by molar-refractivity contribution is 5.94. The Labute approximate surface area is 143 Å². The summed E-state index contributed by atoms with van der Waals surface area (Å²) in [5.74, 6) is 0.639. The highest BCUT2D eigenvalue weighted by Crippen LogP contribution is 2.20. The summed E-state index contributed by atoms with van der Waals surface area (Å²) in [4.78, 5) is 25.5. The molecule has 1 aliphatic heterocycles. The van der Waals surface area contributed by atoms with Crippen LogP contribution < -0.4 is 15.4 Å². The number of benzene rings is 1. The first-order valence-electron chi connectivity index (χ1n) is 8.34. The molecule has 0 spiro atoms. The molecule has 2 N–H and O–H groups in total. The summed E-state index contributed by atoms with van der Waals surface area (Å²) in [6.45, 7) is 7.29. The second-order valence-corrected chi connectivity index (χ2v) is 7.09. The molecular formula is C18H27N3O3. The lowest BCUT2D eigenvalue weighted by Crippen LogP contribution is -2.51. The minimum absolute atomic E-state index is 0.0177. The van der Waals surface area contributed by atoms with Crippen LogP contribution >= 0.6 is 0 Å². The van der Waals surface area contributed by atoms with Crippen molar-refractivity contribution in [1.82, 2.24) is 15.5 Å². The van der Waals surface area contributed by atoms with Crippen molar-refractivity contribution in [2.24, 2.45) is 0 Å². The van der Waals surface area contributed by atoms with E-state index >= 15 is 0 Å². The van der Waals surface area contributed by atoms with Gasteiger partial charge in [-0.2, -0.15) is 0 Å². The van der Waals surface area contributed by atoms with E-state index in [9.17, 15) is 9.59 Å². The fraction of sp³-hybridized carbons (Fsp3) is 0.556. The Bertz CT molecular complexity index is 570. The third-order valence-electron chi connectivity index (χ3n) is 3.86. The molecule has 0 saturated carbocycles. The Morgan fingerprint density at radius 2 is 1.71 bits per heavy atom. The Hall–Kier alpha value is -2.24. The molecule has 1 saturated heterocycles. The van der Waals surface area contributed by atoms with E-state index in [0.29, 0.717) is 18.7 Å². The summed E-state index contributed by atoms with van der Waals surface area (Å²) in [6.07, 6.45) is 1.69. The van der Waals surface area contributed by atoms with E-state index in [1.807, 2.05) is 37.8 Å². The van der Waals surface area contributed by atoms with Gasteiger partial charge in [-0.05, 0) is 45.0 Å². The molecule has 1 aromatic carbocycles. The number of rotatable bonds is 3. The molecule has 1 heterocycles. The maximum atomic E-state index is 12.1. The van der Waals surface area contributed by atoms with E-state index in [0.717, 1.165) is 18.6 Å². The van der Waals surface area contributed by atoms with Crippen molar-refractivity contribution < 1.29 is 14.3 Å². The summed E-state index contributed by atoms with van der Waals surface area (Å²) >= 11 is 0. The van der Waals surface area contributed by atoms with Crippen molar-refractivity contribution in [1.29, 1.82) is 0 Å². The standard InChI is InChI=1S/C18H27N3O3/c1-18(2,3)20-17(23)21-11-9-15(10-12-21)24-14-7-5-13(6-8-14)16(22)19-4/h5-8,15H,9-12H2,1-4H3,(H,19,22)(H,20,23). The third-order valence-corrected chi connectivity index (χ3v) is 3.86. The first-order chi connectivity index (χ1) is 11.3. The molecule has 1 aliphatic rings. The lowest BCUT2D eigenvalue weighted by molar-refractivity contribution is 0.0963. The van der Waals surface area contributed by atoms with Gasteiger partial charge in [0.1, 0.15) is 11.9 Å². The van der Waals surface area contributed by atoms with Gasteiger partial charge in [0, 0.05) is 44.1 Å². The Balaban J connectivity index is 1.82. The van der Waals surface area contributed by atoms with Gasteiger partial charge in [0.25, 0.3) is 5.91 Å². The van der Waals surface area contributed by atoms with Gasteiger partial charge in [-0.25, -0.2) is 4.79 Å². The zero-order chi connectivity index (χ0) is 17.7. The number of nitrogens with zero attached hydrogens (tertiary/aromatic N) is 1. The lowest BCUT2D eigenvalue weighted by atomic mass is 10.1. The molecule has 0 aromatic heterocycles. The molecule has 1 aromatic rings. The van der Waals surface area contributed by atoms with Crippen LogP contribution in [0, 0.1) is 0 Å². The number of piperidine rings is 1. The van der Waals surface area contributed by atoms with Crippen LogP contribution in [0.3, 0.4) is 0 Å². The second kappa shape index (κ2) is 7.55. The van der Waals surface area contributed by atoms with Crippen LogP contribution in [0.1, 0.15) is 44.0 Å². The van der Waals surface area contributed by atoms with Crippen LogP contribution in [0.15, 0.2) is 24.3 Å². The van der Waals surface area contributed by atoms with Crippen LogP contribution in [-0.2, 0) is 0 Å². The number of ether oxygens (including phenoxy) is 1.